The molecule has 1 atom stereocenters. The zero-order chi connectivity index (χ0) is 17.9. The van der Waals surface area contributed by atoms with Crippen molar-refractivity contribution >= 4 is 17.6 Å². The van der Waals surface area contributed by atoms with Gasteiger partial charge in [-0.1, -0.05) is 6.07 Å². The number of amides is 1. The van der Waals surface area contributed by atoms with Gasteiger partial charge in [-0.15, -0.1) is 0 Å². The molecule has 0 spiro atoms. The van der Waals surface area contributed by atoms with Gasteiger partial charge in [-0.05, 0) is 31.5 Å². The molecule has 0 saturated heterocycles. The van der Waals surface area contributed by atoms with Crippen LogP contribution >= 0.6 is 0 Å². The number of aromatic carboxylic acids is 1. The molecule has 2 N–H and O–H groups in total. The number of hydrogen-bond donors (Lipinski definition) is 2. The molecule has 2 rings (SSSR count). The quantitative estimate of drug-likeness (QED) is 0.844. The number of anilines is 1. The molecule has 1 aromatic carbocycles. The number of aryl methyl sites for hydroxylation is 1. The summed E-state index contributed by atoms with van der Waals surface area (Å²) in [4.78, 5) is 23.1. The first-order chi connectivity index (χ1) is 11.3. The monoisotopic (exact) mass is 339 g/mol. The van der Waals surface area contributed by atoms with Gasteiger partial charge in [-0.3, -0.25) is 9.48 Å². The van der Waals surface area contributed by atoms with E-state index in [-0.39, 0.29) is 17.0 Å². The van der Waals surface area contributed by atoms with Crippen molar-refractivity contribution in [1.29, 1.82) is 0 Å². The minimum absolute atomic E-state index is 0.0630. The topological polar surface area (TPSA) is 93.5 Å². The average Bonchev–Trinajstić information content (AvgIpc) is 2.99. The molecule has 1 unspecified atom stereocenters. The van der Waals surface area contributed by atoms with Crippen LogP contribution in [-0.4, -0.2) is 33.4 Å². The van der Waals surface area contributed by atoms with E-state index >= 15 is 0 Å². The summed E-state index contributed by atoms with van der Waals surface area (Å²) in [6.07, 6.45) is 2.32. The highest BCUT2D eigenvalue weighted by Gasteiger charge is 2.20. The molecule has 0 bridgehead atoms. The number of carbonyl (C=O) groups is 2. The number of hydrogen-bond acceptors (Lipinski definition) is 4. The van der Waals surface area contributed by atoms with Gasteiger partial charge in [0, 0.05) is 6.20 Å². The fourth-order valence-electron chi connectivity index (χ4n) is 1.96. The van der Waals surface area contributed by atoms with Crippen LogP contribution in [-0.2, 0) is 4.79 Å². The summed E-state index contributed by atoms with van der Waals surface area (Å²) in [6, 6.07) is 3.55. The first-order valence-corrected chi connectivity index (χ1v) is 6.91. The van der Waals surface area contributed by atoms with Gasteiger partial charge in [0.2, 0.25) is 5.91 Å². The minimum atomic E-state index is -3.02. The fourth-order valence-corrected chi connectivity index (χ4v) is 1.96. The Hall–Kier alpha value is -2.97. The second kappa shape index (κ2) is 7.07. The van der Waals surface area contributed by atoms with Crippen LogP contribution in [0.4, 0.5) is 14.5 Å². The Kier molecular flexibility index (Phi) is 5.12. The standard InChI is InChI=1S/C15H15F2N3O4/c1-8-3-4-12(24-15(16)17)11(5-8)19-13(21)9(2)20-7-10(6-18-20)14(22)23/h3-7,9,15H,1-2H3,(H,19,21)(H,22,23). The van der Waals surface area contributed by atoms with Crippen molar-refractivity contribution in [2.75, 3.05) is 5.32 Å². The van der Waals surface area contributed by atoms with Gasteiger partial charge in [0.15, 0.2) is 0 Å². The number of nitrogens with zero attached hydrogens (tertiary/aromatic N) is 2. The lowest BCUT2D eigenvalue weighted by Crippen LogP contribution is -2.24. The Morgan fingerprint density at radius 1 is 1.38 bits per heavy atom. The summed E-state index contributed by atoms with van der Waals surface area (Å²) in [5.74, 6) is -1.89. The maximum absolute atomic E-state index is 12.4. The predicted molar refractivity (Wildman–Crippen MR) is 80.3 cm³/mol. The molecule has 9 heteroatoms. The van der Waals surface area contributed by atoms with Gasteiger partial charge >= 0.3 is 12.6 Å². The second-order valence-electron chi connectivity index (χ2n) is 5.06. The number of rotatable bonds is 6. The van der Waals surface area contributed by atoms with Crippen LogP contribution in [0.3, 0.4) is 0 Å². The molecule has 1 aromatic heterocycles. The maximum Gasteiger partial charge on any atom is 0.387 e. The molecule has 1 heterocycles. The van der Waals surface area contributed by atoms with Gasteiger partial charge < -0.3 is 15.2 Å². The third-order valence-corrected chi connectivity index (χ3v) is 3.23. The number of carboxylic acids is 1. The van der Waals surface area contributed by atoms with Crippen LogP contribution in [0.5, 0.6) is 5.75 Å². The van der Waals surface area contributed by atoms with Gasteiger partial charge in [-0.2, -0.15) is 13.9 Å². The van der Waals surface area contributed by atoms with Crippen LogP contribution in [0.15, 0.2) is 30.6 Å². The van der Waals surface area contributed by atoms with E-state index < -0.39 is 24.5 Å². The van der Waals surface area contributed by atoms with Crippen molar-refractivity contribution in [3.05, 3.63) is 41.7 Å². The molecular weight excluding hydrogens is 324 g/mol. The Bertz CT molecular complexity index is 761. The zero-order valence-electron chi connectivity index (χ0n) is 12.9. The molecule has 7 nitrogen and oxygen atoms in total. The van der Waals surface area contributed by atoms with Gasteiger partial charge in [-0.25, -0.2) is 4.79 Å². The molecule has 0 aliphatic rings. The number of nitrogens with one attached hydrogen (secondary N) is 1. The third-order valence-electron chi connectivity index (χ3n) is 3.23. The highest BCUT2D eigenvalue weighted by Crippen LogP contribution is 2.28. The average molecular weight is 339 g/mol. The Labute approximate surface area is 135 Å². The number of benzene rings is 1. The number of carboxylic acid groups (broad SMARTS) is 1. The molecule has 0 saturated carbocycles. The second-order valence-corrected chi connectivity index (χ2v) is 5.06. The van der Waals surface area contributed by atoms with E-state index in [2.05, 4.69) is 15.2 Å². The van der Waals surface area contributed by atoms with Gasteiger partial charge in [0.1, 0.15) is 11.8 Å². The van der Waals surface area contributed by atoms with Crippen LogP contribution in [0, 0.1) is 6.92 Å². The molecule has 24 heavy (non-hydrogen) atoms. The van der Waals surface area contributed by atoms with Gasteiger partial charge in [0.05, 0.1) is 17.4 Å². The summed E-state index contributed by atoms with van der Waals surface area (Å²) >= 11 is 0. The van der Waals surface area contributed by atoms with E-state index in [0.717, 1.165) is 11.8 Å². The van der Waals surface area contributed by atoms with E-state index in [1.54, 1.807) is 13.0 Å². The smallest absolute Gasteiger partial charge is 0.387 e. The molecule has 2 aromatic rings. The molecule has 0 aliphatic heterocycles. The van der Waals surface area contributed by atoms with Gasteiger partial charge in [0.25, 0.3) is 0 Å². The van der Waals surface area contributed by atoms with Crippen LogP contribution in [0.2, 0.25) is 0 Å². The summed E-state index contributed by atoms with van der Waals surface area (Å²) in [5, 5.41) is 15.2. The van der Waals surface area contributed by atoms with Crippen molar-refractivity contribution in [1.82, 2.24) is 9.78 Å². The van der Waals surface area contributed by atoms with E-state index in [4.69, 9.17) is 5.11 Å². The van der Waals surface area contributed by atoms with Crippen molar-refractivity contribution < 1.29 is 28.2 Å². The maximum atomic E-state index is 12.4. The number of alkyl halides is 2. The first kappa shape index (κ1) is 17.4. The molecule has 1 amide bonds. The molecule has 128 valence electrons. The molecule has 0 aliphatic carbocycles. The lowest BCUT2D eigenvalue weighted by molar-refractivity contribution is -0.119. The normalized spacial score (nSPS) is 12.0. The van der Waals surface area contributed by atoms with Crippen molar-refractivity contribution in [3.8, 4) is 5.75 Å². The number of aromatic nitrogens is 2. The van der Waals surface area contributed by atoms with Crippen LogP contribution in [0.25, 0.3) is 0 Å². The van der Waals surface area contributed by atoms with E-state index in [1.807, 2.05) is 0 Å². The summed E-state index contributed by atoms with van der Waals surface area (Å²) in [5.41, 5.74) is 0.775. The summed E-state index contributed by atoms with van der Waals surface area (Å²) in [6.45, 7) is 0.208. The van der Waals surface area contributed by atoms with Crippen molar-refractivity contribution in [2.45, 2.75) is 26.5 Å². The number of halogens is 2. The SMILES string of the molecule is Cc1ccc(OC(F)F)c(NC(=O)C(C)n2cc(C(=O)O)cn2)c1. The summed E-state index contributed by atoms with van der Waals surface area (Å²) in [7, 11) is 0. The number of carbonyl (C=O) groups excluding carboxylic acids is 1. The highest BCUT2D eigenvalue weighted by molar-refractivity contribution is 5.95. The van der Waals surface area contributed by atoms with Crippen molar-refractivity contribution in [2.24, 2.45) is 0 Å². The lowest BCUT2D eigenvalue weighted by atomic mass is 10.2. The van der Waals surface area contributed by atoms with Crippen molar-refractivity contribution in [3.63, 3.8) is 0 Å². The Balaban J connectivity index is 2.18. The first-order valence-electron chi connectivity index (χ1n) is 6.91. The fraction of sp³-hybridized carbons (Fsp3) is 0.267. The highest BCUT2D eigenvalue weighted by atomic mass is 19.3. The predicted octanol–water partition coefficient (Wildman–Crippen LogP) is 2.69. The Morgan fingerprint density at radius 3 is 2.67 bits per heavy atom. The molecular formula is C15H15F2N3O4. The largest absolute Gasteiger partial charge is 0.478 e. The van der Waals surface area contributed by atoms with Crippen LogP contribution in [0.1, 0.15) is 28.9 Å². The van der Waals surface area contributed by atoms with E-state index in [1.165, 1.54) is 29.9 Å². The van der Waals surface area contributed by atoms with Crippen LogP contribution < -0.4 is 10.1 Å². The third kappa shape index (κ3) is 4.06. The lowest BCUT2D eigenvalue weighted by Gasteiger charge is -2.16. The zero-order valence-corrected chi connectivity index (χ0v) is 12.9. The summed E-state index contributed by atoms with van der Waals surface area (Å²) < 4.78 is 30.4. The molecule has 0 fully saturated rings. The van der Waals surface area contributed by atoms with E-state index in [9.17, 15) is 18.4 Å². The number of ether oxygens (including phenoxy) is 1. The Morgan fingerprint density at radius 2 is 2.08 bits per heavy atom. The van der Waals surface area contributed by atoms with E-state index in [0.29, 0.717) is 0 Å². The minimum Gasteiger partial charge on any atom is -0.478 e. The molecule has 0 radical (unpaired) electrons.